The molecule has 0 bridgehead atoms. The van der Waals surface area contributed by atoms with Crippen LogP contribution in [0.15, 0.2) is 36.4 Å². The zero-order valence-electron chi connectivity index (χ0n) is 15.4. The highest BCUT2D eigenvalue weighted by Gasteiger charge is 2.14. The van der Waals surface area contributed by atoms with Crippen molar-refractivity contribution in [1.29, 1.82) is 0 Å². The summed E-state index contributed by atoms with van der Waals surface area (Å²) in [5.41, 5.74) is 2.39. The largest absolute Gasteiger partial charge is 0.389 e. The molecular formula is C20H21ClN2O3S. The number of amides is 1. The highest BCUT2D eigenvalue weighted by Crippen LogP contribution is 2.34. The molecule has 27 heavy (non-hydrogen) atoms. The smallest absolute Gasteiger partial charge is 0.255 e. The fraction of sp³-hybridized carbons (Fsp3) is 0.300. The van der Waals surface area contributed by atoms with Gasteiger partial charge in [-0.05, 0) is 50.6 Å². The summed E-state index contributed by atoms with van der Waals surface area (Å²) in [5.74, 6) is -0.253. The van der Waals surface area contributed by atoms with Gasteiger partial charge in [-0.25, -0.2) is 4.98 Å². The van der Waals surface area contributed by atoms with Crippen molar-refractivity contribution in [3.8, 4) is 0 Å². The van der Waals surface area contributed by atoms with Gasteiger partial charge in [0.2, 0.25) is 0 Å². The number of rotatable bonds is 5. The predicted octanol–water partition coefficient (Wildman–Crippen LogP) is 5.01. The molecule has 3 rings (SSSR count). The molecule has 5 nitrogen and oxygen atoms in total. The van der Waals surface area contributed by atoms with Gasteiger partial charge in [-0.3, -0.25) is 4.79 Å². The van der Waals surface area contributed by atoms with Crippen molar-refractivity contribution in [2.45, 2.75) is 39.6 Å². The summed E-state index contributed by atoms with van der Waals surface area (Å²) in [4.78, 5) is 16.8. The lowest BCUT2D eigenvalue weighted by Gasteiger charge is -2.19. The Labute approximate surface area is 167 Å². The molecule has 1 aromatic heterocycles. The van der Waals surface area contributed by atoms with Crippen molar-refractivity contribution in [3.05, 3.63) is 57.6 Å². The van der Waals surface area contributed by atoms with Crippen LogP contribution in [0.3, 0.4) is 0 Å². The second-order valence-corrected chi connectivity index (χ2v) is 8.58. The molecule has 0 spiro atoms. The van der Waals surface area contributed by atoms with Gasteiger partial charge in [-0.15, -0.1) is 11.3 Å². The van der Waals surface area contributed by atoms with Crippen molar-refractivity contribution in [3.63, 3.8) is 0 Å². The molecule has 3 aromatic rings. The van der Waals surface area contributed by atoms with E-state index in [-0.39, 0.29) is 18.1 Å². The number of hydrogen-bond donors (Lipinski definition) is 2. The number of aliphatic hydroxyl groups is 1. The Hall–Kier alpha value is -1.99. The number of hydrogen-bond acceptors (Lipinski definition) is 5. The first-order valence-electron chi connectivity index (χ1n) is 8.50. The molecule has 0 unspecified atom stereocenters. The Morgan fingerprint density at radius 1 is 1.22 bits per heavy atom. The van der Waals surface area contributed by atoms with E-state index in [2.05, 4.69) is 10.3 Å². The highest BCUT2D eigenvalue weighted by atomic mass is 35.5. The number of benzene rings is 2. The van der Waals surface area contributed by atoms with Crippen LogP contribution in [-0.2, 0) is 18.0 Å². The van der Waals surface area contributed by atoms with E-state index in [9.17, 15) is 9.90 Å². The van der Waals surface area contributed by atoms with E-state index in [1.165, 1.54) is 11.3 Å². The molecule has 0 radical (unpaired) electrons. The molecule has 142 valence electrons. The van der Waals surface area contributed by atoms with Gasteiger partial charge >= 0.3 is 0 Å². The fourth-order valence-electron chi connectivity index (χ4n) is 2.42. The minimum absolute atomic E-state index is 0.136. The second kappa shape index (κ2) is 7.94. The van der Waals surface area contributed by atoms with Crippen molar-refractivity contribution < 1.29 is 14.6 Å². The van der Waals surface area contributed by atoms with Gasteiger partial charge in [-0.2, -0.15) is 0 Å². The first kappa shape index (κ1) is 19.8. The fourth-order valence-corrected chi connectivity index (χ4v) is 3.56. The van der Waals surface area contributed by atoms with Crippen LogP contribution in [0.4, 0.5) is 5.69 Å². The van der Waals surface area contributed by atoms with Crippen molar-refractivity contribution in [2.75, 3.05) is 5.32 Å². The van der Waals surface area contributed by atoms with Crippen LogP contribution in [-0.4, -0.2) is 21.6 Å². The van der Waals surface area contributed by atoms with Gasteiger partial charge in [0.05, 0.1) is 34.2 Å². The minimum Gasteiger partial charge on any atom is -0.389 e. The lowest BCUT2D eigenvalue weighted by atomic mass is 10.1. The molecule has 0 saturated heterocycles. The predicted molar refractivity (Wildman–Crippen MR) is 109 cm³/mol. The van der Waals surface area contributed by atoms with Gasteiger partial charge in [0, 0.05) is 5.56 Å². The highest BCUT2D eigenvalue weighted by molar-refractivity contribution is 7.18. The zero-order chi connectivity index (χ0) is 19.6. The summed E-state index contributed by atoms with van der Waals surface area (Å²) in [6, 6.07) is 10.8. The molecule has 1 heterocycles. The number of fused-ring (bicyclic) bond motifs is 1. The molecule has 0 aliphatic carbocycles. The normalized spacial score (nSPS) is 11.7. The lowest BCUT2D eigenvalue weighted by molar-refractivity contribution is -0.0149. The second-order valence-electron chi connectivity index (χ2n) is 7.09. The van der Waals surface area contributed by atoms with E-state index < -0.39 is 0 Å². The summed E-state index contributed by atoms with van der Waals surface area (Å²) in [6.45, 7) is 6.36. The van der Waals surface area contributed by atoms with Gasteiger partial charge in [-0.1, -0.05) is 23.7 Å². The average molecular weight is 405 g/mol. The molecule has 2 aromatic carbocycles. The molecule has 0 aliphatic heterocycles. The number of nitrogens with one attached hydrogen (secondary N) is 1. The third kappa shape index (κ3) is 4.84. The number of ether oxygens (including phenoxy) is 1. The van der Waals surface area contributed by atoms with E-state index in [0.717, 1.165) is 10.3 Å². The molecule has 7 heteroatoms. The summed E-state index contributed by atoms with van der Waals surface area (Å²) >= 11 is 7.76. The van der Waals surface area contributed by atoms with Crippen LogP contribution in [0, 0.1) is 0 Å². The van der Waals surface area contributed by atoms with Gasteiger partial charge < -0.3 is 15.2 Å². The minimum atomic E-state index is -0.253. The topological polar surface area (TPSA) is 71.5 Å². The Bertz CT molecular complexity index is 962. The third-order valence-electron chi connectivity index (χ3n) is 3.81. The van der Waals surface area contributed by atoms with Gasteiger partial charge in [0.1, 0.15) is 10.5 Å². The van der Waals surface area contributed by atoms with Gasteiger partial charge in [0.25, 0.3) is 5.91 Å². The molecule has 0 fully saturated rings. The maximum absolute atomic E-state index is 12.5. The number of carbonyl (C=O) groups excluding carboxylic acids is 1. The first-order valence-corrected chi connectivity index (χ1v) is 9.69. The van der Waals surface area contributed by atoms with E-state index in [1.807, 2.05) is 39.0 Å². The maximum atomic E-state index is 12.5. The number of anilines is 1. The molecule has 0 aliphatic rings. The molecule has 1 amide bonds. The van der Waals surface area contributed by atoms with Crippen molar-refractivity contribution in [1.82, 2.24) is 4.98 Å². The van der Waals surface area contributed by atoms with Crippen LogP contribution in [0.5, 0.6) is 0 Å². The van der Waals surface area contributed by atoms with Crippen molar-refractivity contribution >= 4 is 44.7 Å². The van der Waals surface area contributed by atoms with Crippen LogP contribution in [0.1, 0.15) is 41.7 Å². The Morgan fingerprint density at radius 2 is 1.93 bits per heavy atom. The molecule has 0 atom stereocenters. The van der Waals surface area contributed by atoms with Crippen LogP contribution in [0.2, 0.25) is 5.02 Å². The van der Waals surface area contributed by atoms with Crippen molar-refractivity contribution in [2.24, 2.45) is 0 Å². The first-order chi connectivity index (χ1) is 12.8. The van der Waals surface area contributed by atoms with E-state index in [0.29, 0.717) is 33.4 Å². The Balaban J connectivity index is 1.73. The zero-order valence-corrected chi connectivity index (χ0v) is 16.9. The standard InChI is InChI=1S/C20H21ClN2O3S/c1-20(2,3)26-11-12-4-6-13(7-5-12)19(25)22-14-8-9-15-18(17(14)21)23-16(10-24)27-15/h4-9,24H,10-11H2,1-3H3,(H,22,25). The summed E-state index contributed by atoms with van der Waals surface area (Å²) in [7, 11) is 0. The number of thiazole rings is 1. The number of carbonyl (C=O) groups is 1. The number of aromatic nitrogens is 1. The lowest BCUT2D eigenvalue weighted by Crippen LogP contribution is -2.18. The van der Waals surface area contributed by atoms with Crippen LogP contribution < -0.4 is 5.32 Å². The Morgan fingerprint density at radius 3 is 2.56 bits per heavy atom. The summed E-state index contributed by atoms with van der Waals surface area (Å²) < 4.78 is 6.60. The quantitative estimate of drug-likeness (QED) is 0.627. The maximum Gasteiger partial charge on any atom is 0.255 e. The van der Waals surface area contributed by atoms with Crippen LogP contribution in [0.25, 0.3) is 10.2 Å². The monoisotopic (exact) mass is 404 g/mol. The summed E-state index contributed by atoms with van der Waals surface area (Å²) in [5, 5.41) is 13.0. The number of nitrogens with zero attached hydrogens (tertiary/aromatic N) is 1. The van der Waals surface area contributed by atoms with E-state index in [4.69, 9.17) is 16.3 Å². The van der Waals surface area contributed by atoms with Crippen LogP contribution >= 0.6 is 22.9 Å². The summed E-state index contributed by atoms with van der Waals surface area (Å²) in [6.07, 6.45) is 0. The van der Waals surface area contributed by atoms with Gasteiger partial charge in [0.15, 0.2) is 0 Å². The Kier molecular flexibility index (Phi) is 5.81. The molecule has 2 N–H and O–H groups in total. The van der Waals surface area contributed by atoms with E-state index >= 15 is 0 Å². The van der Waals surface area contributed by atoms with E-state index in [1.54, 1.807) is 18.2 Å². The molecular weight excluding hydrogens is 384 g/mol. The average Bonchev–Trinajstić information content (AvgIpc) is 3.06. The number of aliphatic hydroxyl groups excluding tert-OH is 1. The third-order valence-corrected chi connectivity index (χ3v) is 5.20. The number of halogens is 1. The SMILES string of the molecule is CC(C)(C)OCc1ccc(C(=O)Nc2ccc3sc(CO)nc3c2Cl)cc1. The molecule has 0 saturated carbocycles.